The largest absolute Gasteiger partial charge is 0.480 e. The van der Waals surface area contributed by atoms with Gasteiger partial charge in [0, 0.05) is 9.13 Å². The highest BCUT2D eigenvalue weighted by Gasteiger charge is 2.04. The predicted octanol–water partition coefficient (Wildman–Crippen LogP) is 2.76. The van der Waals surface area contributed by atoms with Gasteiger partial charge in [-0.15, -0.1) is 0 Å². The fraction of sp³-hybridized carbons (Fsp3) is 0.0909. The second-order valence-corrected chi connectivity index (χ2v) is 4.09. The summed E-state index contributed by atoms with van der Waals surface area (Å²) in [5.74, 6) is 0.534. The van der Waals surface area contributed by atoms with Gasteiger partial charge in [-0.25, -0.2) is 4.98 Å². The van der Waals surface area contributed by atoms with Gasteiger partial charge in [0.2, 0.25) is 5.88 Å². The number of ether oxygens (including phenoxy) is 1. The molecule has 0 saturated carbocycles. The van der Waals surface area contributed by atoms with Crippen LogP contribution in [-0.2, 0) is 0 Å². The molecule has 0 aliphatic rings. The number of rotatable bonds is 2. The van der Waals surface area contributed by atoms with E-state index in [0.29, 0.717) is 5.88 Å². The van der Waals surface area contributed by atoms with Gasteiger partial charge in [-0.1, -0.05) is 18.2 Å². The highest BCUT2D eigenvalue weighted by atomic mass is 127. The molecule has 0 amide bonds. The number of hydrogen-bond donors (Lipinski definition) is 0. The topological polar surface area (TPSA) is 35.0 Å². The second-order valence-electron chi connectivity index (χ2n) is 2.93. The van der Waals surface area contributed by atoms with Crippen LogP contribution in [-0.4, -0.2) is 17.1 Å². The maximum Gasteiger partial charge on any atom is 0.232 e. The molecule has 76 valence electrons. The van der Waals surface area contributed by atoms with Crippen molar-refractivity contribution in [3.63, 3.8) is 0 Å². The number of benzene rings is 1. The molecule has 0 aliphatic heterocycles. The Morgan fingerprint density at radius 3 is 2.73 bits per heavy atom. The highest BCUT2D eigenvalue weighted by Crippen LogP contribution is 2.23. The number of nitrogens with zero attached hydrogens (tertiary/aromatic N) is 2. The Bertz CT molecular complexity index is 474. The van der Waals surface area contributed by atoms with Gasteiger partial charge in [0.15, 0.2) is 0 Å². The molecule has 2 aromatic rings. The van der Waals surface area contributed by atoms with E-state index in [4.69, 9.17) is 4.74 Å². The standard InChI is InChI=1S/C11H9IN2O/c1-15-11-7-13-6-10(14-11)8-4-2-3-5-9(8)12/h2-7H,1H3. The number of methoxy groups -OCH3 is 1. The second kappa shape index (κ2) is 4.57. The molecule has 4 heteroatoms. The molecule has 15 heavy (non-hydrogen) atoms. The normalized spacial score (nSPS) is 10.0. The van der Waals surface area contributed by atoms with Crippen LogP contribution in [0, 0.1) is 3.57 Å². The summed E-state index contributed by atoms with van der Waals surface area (Å²) in [7, 11) is 1.59. The lowest BCUT2D eigenvalue weighted by molar-refractivity contribution is 0.396. The van der Waals surface area contributed by atoms with E-state index >= 15 is 0 Å². The molecule has 0 saturated heterocycles. The van der Waals surface area contributed by atoms with Crippen LogP contribution in [0.4, 0.5) is 0 Å². The van der Waals surface area contributed by atoms with E-state index < -0.39 is 0 Å². The van der Waals surface area contributed by atoms with Crippen LogP contribution in [0.15, 0.2) is 36.7 Å². The number of aromatic nitrogens is 2. The Labute approximate surface area is 102 Å². The van der Waals surface area contributed by atoms with Crippen molar-refractivity contribution in [2.24, 2.45) is 0 Å². The zero-order valence-electron chi connectivity index (χ0n) is 8.14. The minimum absolute atomic E-state index is 0.534. The van der Waals surface area contributed by atoms with E-state index in [2.05, 4.69) is 32.6 Å². The summed E-state index contributed by atoms with van der Waals surface area (Å²) < 4.78 is 6.19. The Morgan fingerprint density at radius 1 is 1.20 bits per heavy atom. The molecule has 0 N–H and O–H groups in total. The summed E-state index contributed by atoms with van der Waals surface area (Å²) in [6.45, 7) is 0. The van der Waals surface area contributed by atoms with Crippen molar-refractivity contribution in [3.05, 3.63) is 40.2 Å². The first-order valence-electron chi connectivity index (χ1n) is 4.42. The molecule has 1 aromatic heterocycles. The summed E-state index contributed by atoms with van der Waals surface area (Å²) in [6.07, 6.45) is 3.33. The van der Waals surface area contributed by atoms with Gasteiger partial charge in [0.1, 0.15) is 0 Å². The van der Waals surface area contributed by atoms with Crippen LogP contribution in [0.2, 0.25) is 0 Å². The van der Waals surface area contributed by atoms with Gasteiger partial charge in [-0.2, -0.15) is 0 Å². The minimum Gasteiger partial charge on any atom is -0.480 e. The van der Waals surface area contributed by atoms with Crippen LogP contribution in [0.25, 0.3) is 11.3 Å². The summed E-state index contributed by atoms with van der Waals surface area (Å²) >= 11 is 2.28. The predicted molar refractivity (Wildman–Crippen MR) is 66.7 cm³/mol. The molecule has 1 heterocycles. The fourth-order valence-electron chi connectivity index (χ4n) is 1.25. The van der Waals surface area contributed by atoms with Crippen molar-refractivity contribution in [2.45, 2.75) is 0 Å². The van der Waals surface area contributed by atoms with E-state index in [1.807, 2.05) is 24.3 Å². The third-order valence-electron chi connectivity index (χ3n) is 1.97. The summed E-state index contributed by atoms with van der Waals surface area (Å²) in [4.78, 5) is 8.41. The van der Waals surface area contributed by atoms with E-state index in [-0.39, 0.29) is 0 Å². The minimum atomic E-state index is 0.534. The fourth-order valence-corrected chi connectivity index (χ4v) is 1.91. The van der Waals surface area contributed by atoms with Crippen molar-refractivity contribution in [1.29, 1.82) is 0 Å². The van der Waals surface area contributed by atoms with Gasteiger partial charge < -0.3 is 4.74 Å². The van der Waals surface area contributed by atoms with Crippen LogP contribution < -0.4 is 4.74 Å². The van der Waals surface area contributed by atoms with Gasteiger partial charge in [-0.3, -0.25) is 4.98 Å². The number of halogens is 1. The van der Waals surface area contributed by atoms with Crippen LogP contribution in [0.3, 0.4) is 0 Å². The third kappa shape index (κ3) is 2.26. The zero-order chi connectivity index (χ0) is 10.7. The molecule has 2 rings (SSSR count). The molecule has 3 nitrogen and oxygen atoms in total. The Kier molecular flexibility index (Phi) is 3.15. The molecule has 0 spiro atoms. The van der Waals surface area contributed by atoms with Gasteiger partial charge in [0.05, 0.1) is 25.2 Å². The highest BCUT2D eigenvalue weighted by molar-refractivity contribution is 14.1. The lowest BCUT2D eigenvalue weighted by Crippen LogP contribution is -1.92. The Balaban J connectivity index is 2.49. The molecule has 0 atom stereocenters. The van der Waals surface area contributed by atoms with Crippen molar-refractivity contribution in [1.82, 2.24) is 9.97 Å². The average molecular weight is 312 g/mol. The van der Waals surface area contributed by atoms with Crippen molar-refractivity contribution < 1.29 is 4.74 Å². The smallest absolute Gasteiger partial charge is 0.232 e. The summed E-state index contributed by atoms with van der Waals surface area (Å²) in [5, 5.41) is 0. The first kappa shape index (κ1) is 10.4. The molecule has 0 fully saturated rings. The summed E-state index contributed by atoms with van der Waals surface area (Å²) in [5.41, 5.74) is 1.91. The van der Waals surface area contributed by atoms with Gasteiger partial charge in [0.25, 0.3) is 0 Å². The molecule has 0 aliphatic carbocycles. The van der Waals surface area contributed by atoms with Crippen LogP contribution in [0.5, 0.6) is 5.88 Å². The van der Waals surface area contributed by atoms with Crippen molar-refractivity contribution >= 4 is 22.6 Å². The molecular weight excluding hydrogens is 303 g/mol. The van der Waals surface area contributed by atoms with Crippen molar-refractivity contribution in [2.75, 3.05) is 7.11 Å². The van der Waals surface area contributed by atoms with Crippen molar-refractivity contribution in [3.8, 4) is 17.1 Å². The monoisotopic (exact) mass is 312 g/mol. The summed E-state index contributed by atoms with van der Waals surface area (Å²) in [6, 6.07) is 8.04. The lowest BCUT2D eigenvalue weighted by Gasteiger charge is -2.04. The first-order valence-corrected chi connectivity index (χ1v) is 5.50. The maximum atomic E-state index is 5.04. The van der Waals surface area contributed by atoms with E-state index in [0.717, 1.165) is 14.8 Å². The quantitative estimate of drug-likeness (QED) is 0.800. The SMILES string of the molecule is COc1cncc(-c2ccccc2I)n1. The molecule has 0 radical (unpaired) electrons. The van der Waals surface area contributed by atoms with Gasteiger partial charge >= 0.3 is 0 Å². The molecule has 1 aromatic carbocycles. The average Bonchev–Trinajstić information content (AvgIpc) is 2.30. The Hall–Kier alpha value is -1.17. The Morgan fingerprint density at radius 2 is 2.00 bits per heavy atom. The number of hydrogen-bond acceptors (Lipinski definition) is 3. The van der Waals surface area contributed by atoms with Crippen LogP contribution >= 0.6 is 22.6 Å². The van der Waals surface area contributed by atoms with E-state index in [1.165, 1.54) is 0 Å². The first-order chi connectivity index (χ1) is 7.31. The van der Waals surface area contributed by atoms with Crippen LogP contribution in [0.1, 0.15) is 0 Å². The maximum absolute atomic E-state index is 5.04. The molecule has 0 unspecified atom stereocenters. The van der Waals surface area contributed by atoms with Gasteiger partial charge in [-0.05, 0) is 28.7 Å². The third-order valence-corrected chi connectivity index (χ3v) is 2.91. The lowest BCUT2D eigenvalue weighted by atomic mass is 10.2. The molecular formula is C11H9IN2O. The van der Waals surface area contributed by atoms with E-state index in [1.54, 1.807) is 19.5 Å². The zero-order valence-corrected chi connectivity index (χ0v) is 10.3. The molecule has 0 bridgehead atoms. The van der Waals surface area contributed by atoms with E-state index in [9.17, 15) is 0 Å².